The SMILES string of the molecule is COC(=O)c1ccc(N[C@H]2C=CCCC2)nn1. The van der Waals surface area contributed by atoms with Crippen molar-refractivity contribution in [1.82, 2.24) is 10.2 Å². The van der Waals surface area contributed by atoms with Crippen molar-refractivity contribution < 1.29 is 9.53 Å². The van der Waals surface area contributed by atoms with Gasteiger partial charge in [0, 0.05) is 6.04 Å². The van der Waals surface area contributed by atoms with E-state index in [1.54, 1.807) is 12.1 Å². The Morgan fingerprint density at radius 3 is 2.94 bits per heavy atom. The highest BCUT2D eigenvalue weighted by Gasteiger charge is 2.11. The molecular weight excluding hydrogens is 218 g/mol. The fraction of sp³-hybridized carbons (Fsp3) is 0.417. The summed E-state index contributed by atoms with van der Waals surface area (Å²) in [5, 5.41) is 11.0. The summed E-state index contributed by atoms with van der Waals surface area (Å²) in [7, 11) is 1.32. The van der Waals surface area contributed by atoms with Crippen molar-refractivity contribution in [3.63, 3.8) is 0 Å². The zero-order valence-electron chi connectivity index (χ0n) is 9.72. The van der Waals surface area contributed by atoms with Crippen molar-refractivity contribution in [1.29, 1.82) is 0 Å². The van der Waals surface area contributed by atoms with Crippen molar-refractivity contribution in [3.05, 3.63) is 30.0 Å². The topological polar surface area (TPSA) is 64.1 Å². The number of methoxy groups -OCH3 is 1. The molecule has 5 heteroatoms. The lowest BCUT2D eigenvalue weighted by Gasteiger charge is -2.17. The lowest BCUT2D eigenvalue weighted by atomic mass is 10.0. The van der Waals surface area contributed by atoms with Gasteiger partial charge in [-0.1, -0.05) is 12.2 Å². The quantitative estimate of drug-likeness (QED) is 0.637. The van der Waals surface area contributed by atoms with Crippen molar-refractivity contribution in [3.8, 4) is 0 Å². The number of ether oxygens (including phenoxy) is 1. The van der Waals surface area contributed by atoms with E-state index >= 15 is 0 Å². The molecule has 2 rings (SSSR count). The Morgan fingerprint density at radius 2 is 2.35 bits per heavy atom. The lowest BCUT2D eigenvalue weighted by molar-refractivity contribution is 0.0593. The number of carbonyl (C=O) groups excluding carboxylic acids is 1. The highest BCUT2D eigenvalue weighted by Crippen LogP contribution is 2.14. The normalized spacial score (nSPS) is 18.8. The van der Waals surface area contributed by atoms with Crippen molar-refractivity contribution in [2.75, 3.05) is 12.4 Å². The summed E-state index contributed by atoms with van der Waals surface area (Å²) in [5.41, 5.74) is 0.220. The number of hydrogen-bond donors (Lipinski definition) is 1. The van der Waals surface area contributed by atoms with Gasteiger partial charge in [-0.05, 0) is 31.4 Å². The molecule has 0 saturated heterocycles. The van der Waals surface area contributed by atoms with E-state index in [4.69, 9.17) is 0 Å². The molecule has 0 aliphatic heterocycles. The standard InChI is InChI=1S/C12H15N3O2/c1-17-12(16)10-7-8-11(15-14-10)13-9-5-3-2-4-6-9/h3,5,7-9H,2,4,6H2,1H3,(H,13,15)/t9-/m0/s1. The number of hydrogen-bond acceptors (Lipinski definition) is 5. The minimum absolute atomic E-state index is 0.220. The van der Waals surface area contributed by atoms with Crippen LogP contribution in [0.15, 0.2) is 24.3 Å². The van der Waals surface area contributed by atoms with Crippen LogP contribution in [0.5, 0.6) is 0 Å². The van der Waals surface area contributed by atoms with E-state index in [0.29, 0.717) is 11.9 Å². The molecule has 0 spiro atoms. The molecule has 0 saturated carbocycles. The van der Waals surface area contributed by atoms with Crippen LogP contribution >= 0.6 is 0 Å². The lowest BCUT2D eigenvalue weighted by Crippen LogP contribution is -2.20. The van der Waals surface area contributed by atoms with Gasteiger partial charge in [-0.2, -0.15) is 0 Å². The van der Waals surface area contributed by atoms with Crippen LogP contribution in [0.3, 0.4) is 0 Å². The zero-order chi connectivity index (χ0) is 12.1. The molecule has 0 amide bonds. The largest absolute Gasteiger partial charge is 0.464 e. The molecule has 1 aliphatic rings. The second-order valence-corrected chi connectivity index (χ2v) is 3.91. The first-order valence-corrected chi connectivity index (χ1v) is 5.65. The molecule has 5 nitrogen and oxygen atoms in total. The Balaban J connectivity index is 2.00. The Morgan fingerprint density at radius 1 is 1.47 bits per heavy atom. The van der Waals surface area contributed by atoms with Crippen LogP contribution in [0.1, 0.15) is 29.8 Å². The smallest absolute Gasteiger partial charge is 0.358 e. The molecule has 1 aromatic heterocycles. The maximum absolute atomic E-state index is 11.2. The average molecular weight is 233 g/mol. The van der Waals surface area contributed by atoms with E-state index in [1.807, 2.05) is 0 Å². The van der Waals surface area contributed by atoms with Gasteiger partial charge in [0.25, 0.3) is 0 Å². The molecule has 0 fully saturated rings. The molecule has 17 heavy (non-hydrogen) atoms. The van der Waals surface area contributed by atoms with Gasteiger partial charge in [-0.3, -0.25) is 0 Å². The molecule has 1 aromatic rings. The first-order chi connectivity index (χ1) is 8.29. The fourth-order valence-corrected chi connectivity index (χ4v) is 1.75. The number of nitrogens with one attached hydrogen (secondary N) is 1. The molecule has 1 aliphatic carbocycles. The molecule has 0 bridgehead atoms. The third-order valence-electron chi connectivity index (χ3n) is 2.65. The van der Waals surface area contributed by atoms with Crippen LogP contribution in [-0.4, -0.2) is 29.3 Å². The van der Waals surface area contributed by atoms with Gasteiger partial charge in [0.1, 0.15) is 5.82 Å². The molecule has 0 unspecified atom stereocenters. The molecule has 1 atom stereocenters. The zero-order valence-corrected chi connectivity index (χ0v) is 9.72. The number of rotatable bonds is 3. The van der Waals surface area contributed by atoms with E-state index < -0.39 is 5.97 Å². The Labute approximate surface area is 99.9 Å². The summed E-state index contributed by atoms with van der Waals surface area (Å²) in [4.78, 5) is 11.2. The minimum atomic E-state index is -0.471. The third-order valence-corrected chi connectivity index (χ3v) is 2.65. The number of allylic oxidation sites excluding steroid dienone is 1. The van der Waals surface area contributed by atoms with Crippen molar-refractivity contribution in [2.24, 2.45) is 0 Å². The van der Waals surface area contributed by atoms with E-state index in [2.05, 4.69) is 32.4 Å². The summed E-state index contributed by atoms with van der Waals surface area (Å²) in [6, 6.07) is 3.65. The maximum Gasteiger partial charge on any atom is 0.358 e. The van der Waals surface area contributed by atoms with E-state index in [1.165, 1.54) is 13.5 Å². The van der Waals surface area contributed by atoms with Crippen LogP contribution in [-0.2, 0) is 4.74 Å². The molecule has 0 radical (unpaired) electrons. The van der Waals surface area contributed by atoms with Gasteiger partial charge >= 0.3 is 5.97 Å². The molecular formula is C12H15N3O2. The first kappa shape index (κ1) is 11.6. The van der Waals surface area contributed by atoms with Gasteiger partial charge in [-0.15, -0.1) is 10.2 Å². The van der Waals surface area contributed by atoms with Crippen molar-refractivity contribution >= 4 is 11.8 Å². The summed E-state index contributed by atoms with van der Waals surface area (Å²) in [6.07, 6.45) is 7.72. The highest BCUT2D eigenvalue weighted by atomic mass is 16.5. The van der Waals surface area contributed by atoms with Gasteiger partial charge < -0.3 is 10.1 Å². The van der Waals surface area contributed by atoms with Gasteiger partial charge in [0.05, 0.1) is 7.11 Å². The van der Waals surface area contributed by atoms with Gasteiger partial charge in [0.2, 0.25) is 0 Å². The van der Waals surface area contributed by atoms with Crippen LogP contribution in [0.2, 0.25) is 0 Å². The van der Waals surface area contributed by atoms with E-state index in [-0.39, 0.29) is 5.69 Å². The molecule has 1 heterocycles. The number of carbonyl (C=O) groups is 1. The predicted octanol–water partition coefficient (Wildman–Crippen LogP) is 1.78. The maximum atomic E-state index is 11.2. The molecule has 1 N–H and O–H groups in total. The van der Waals surface area contributed by atoms with Gasteiger partial charge in [0.15, 0.2) is 5.69 Å². The Bertz CT molecular complexity index is 414. The summed E-state index contributed by atoms with van der Waals surface area (Å²) >= 11 is 0. The number of nitrogens with zero attached hydrogens (tertiary/aromatic N) is 2. The van der Waals surface area contributed by atoms with Crippen LogP contribution in [0.4, 0.5) is 5.82 Å². The van der Waals surface area contributed by atoms with Crippen LogP contribution < -0.4 is 5.32 Å². The summed E-state index contributed by atoms with van der Waals surface area (Å²) in [5.74, 6) is 0.204. The second-order valence-electron chi connectivity index (χ2n) is 3.91. The van der Waals surface area contributed by atoms with Crippen molar-refractivity contribution in [2.45, 2.75) is 25.3 Å². The number of esters is 1. The predicted molar refractivity (Wildman–Crippen MR) is 63.8 cm³/mol. The molecule has 90 valence electrons. The summed E-state index contributed by atoms with van der Waals surface area (Å²) < 4.78 is 4.55. The molecule has 0 aromatic carbocycles. The van der Waals surface area contributed by atoms with E-state index in [9.17, 15) is 4.79 Å². The second kappa shape index (κ2) is 5.43. The van der Waals surface area contributed by atoms with Crippen LogP contribution in [0, 0.1) is 0 Å². The number of anilines is 1. The van der Waals surface area contributed by atoms with Crippen LogP contribution in [0.25, 0.3) is 0 Å². The summed E-state index contributed by atoms with van der Waals surface area (Å²) in [6.45, 7) is 0. The average Bonchev–Trinajstić information content (AvgIpc) is 2.40. The fourth-order valence-electron chi connectivity index (χ4n) is 1.75. The monoisotopic (exact) mass is 233 g/mol. The minimum Gasteiger partial charge on any atom is -0.464 e. The Kier molecular flexibility index (Phi) is 3.69. The number of aromatic nitrogens is 2. The Hall–Kier alpha value is -1.91. The highest BCUT2D eigenvalue weighted by molar-refractivity contribution is 5.86. The van der Waals surface area contributed by atoms with E-state index in [0.717, 1.165) is 12.8 Å². The third kappa shape index (κ3) is 3.03. The first-order valence-electron chi connectivity index (χ1n) is 5.65. The van der Waals surface area contributed by atoms with Gasteiger partial charge in [-0.25, -0.2) is 4.79 Å².